The molecule has 6 heteroatoms. The molecule has 1 aromatic heterocycles. The van der Waals surface area contributed by atoms with Crippen LogP contribution >= 0.6 is 23.1 Å². The minimum Gasteiger partial charge on any atom is -0.383 e. The lowest BCUT2D eigenvalue weighted by Gasteiger charge is -2.06. The molecule has 0 N–H and O–H groups in total. The van der Waals surface area contributed by atoms with Crippen LogP contribution in [0.2, 0.25) is 0 Å². The smallest absolute Gasteiger partial charge is 0.279 e. The lowest BCUT2D eigenvalue weighted by Crippen LogP contribution is -2.19. The molecule has 1 amide bonds. The maximum atomic E-state index is 12.8. The number of amides is 1. The van der Waals surface area contributed by atoms with Crippen molar-refractivity contribution in [2.45, 2.75) is 44.4 Å². The van der Waals surface area contributed by atoms with Crippen molar-refractivity contribution >= 4 is 39.2 Å². The average molecular weight is 415 g/mol. The van der Waals surface area contributed by atoms with Crippen molar-refractivity contribution in [3.05, 3.63) is 57.9 Å². The highest BCUT2D eigenvalue weighted by molar-refractivity contribution is 7.99. The summed E-state index contributed by atoms with van der Waals surface area (Å²) in [6, 6.07) is 12.0. The van der Waals surface area contributed by atoms with Gasteiger partial charge in [0.2, 0.25) is 0 Å². The van der Waals surface area contributed by atoms with Gasteiger partial charge in [-0.05, 0) is 61.4 Å². The molecule has 0 fully saturated rings. The molecule has 0 radical (unpaired) electrons. The minimum absolute atomic E-state index is 0.215. The molecule has 0 aliphatic carbocycles. The second-order valence-electron chi connectivity index (χ2n) is 7.04. The lowest BCUT2D eigenvalue weighted by molar-refractivity contribution is 0.0997. The zero-order valence-corrected chi connectivity index (χ0v) is 18.6. The Bertz CT molecular complexity index is 1050. The minimum atomic E-state index is -0.215. The first-order valence-corrected chi connectivity index (χ1v) is 11.0. The van der Waals surface area contributed by atoms with Gasteiger partial charge >= 0.3 is 0 Å². The van der Waals surface area contributed by atoms with E-state index in [4.69, 9.17) is 4.74 Å². The number of fused-ring (bicyclic) bond motifs is 1. The van der Waals surface area contributed by atoms with Gasteiger partial charge in [-0.1, -0.05) is 25.2 Å². The molecular weight excluding hydrogens is 388 g/mol. The third-order valence-electron chi connectivity index (χ3n) is 4.49. The van der Waals surface area contributed by atoms with Crippen LogP contribution in [0.3, 0.4) is 0 Å². The number of aromatic nitrogens is 1. The van der Waals surface area contributed by atoms with E-state index in [1.807, 2.05) is 24.3 Å². The fourth-order valence-corrected chi connectivity index (χ4v) is 4.88. The Hall–Kier alpha value is -1.89. The van der Waals surface area contributed by atoms with Crippen LogP contribution in [0.25, 0.3) is 10.2 Å². The largest absolute Gasteiger partial charge is 0.383 e. The van der Waals surface area contributed by atoms with E-state index in [1.165, 1.54) is 11.1 Å². The maximum Gasteiger partial charge on any atom is 0.279 e. The SMILES string of the molecule is COCCn1c(=NC(=O)c2ccc(SC(C)C)cc2)sc2cc(C)c(C)cc21. The number of hydrogen-bond acceptors (Lipinski definition) is 4. The highest BCUT2D eigenvalue weighted by Gasteiger charge is 2.11. The number of hydrogen-bond donors (Lipinski definition) is 0. The van der Waals surface area contributed by atoms with Crippen molar-refractivity contribution in [2.24, 2.45) is 4.99 Å². The van der Waals surface area contributed by atoms with E-state index >= 15 is 0 Å². The van der Waals surface area contributed by atoms with E-state index in [0.717, 1.165) is 15.1 Å². The molecule has 3 aromatic rings. The summed E-state index contributed by atoms with van der Waals surface area (Å²) in [6.07, 6.45) is 0. The first kappa shape index (κ1) is 20.8. The number of carbonyl (C=O) groups excluding carboxylic acids is 1. The fraction of sp³-hybridized carbons (Fsp3) is 0.364. The van der Waals surface area contributed by atoms with Crippen LogP contribution in [0.4, 0.5) is 0 Å². The molecule has 4 nitrogen and oxygen atoms in total. The summed E-state index contributed by atoms with van der Waals surface area (Å²) in [5, 5.41) is 0.511. The van der Waals surface area contributed by atoms with Crippen LogP contribution in [-0.2, 0) is 11.3 Å². The highest BCUT2D eigenvalue weighted by Crippen LogP contribution is 2.24. The van der Waals surface area contributed by atoms with Crippen molar-refractivity contribution < 1.29 is 9.53 Å². The molecule has 0 aliphatic heterocycles. The molecule has 0 saturated carbocycles. The number of carbonyl (C=O) groups is 1. The van der Waals surface area contributed by atoms with Crippen LogP contribution in [-0.4, -0.2) is 29.4 Å². The van der Waals surface area contributed by atoms with E-state index in [0.29, 0.717) is 28.8 Å². The second-order valence-corrected chi connectivity index (χ2v) is 9.70. The number of rotatable bonds is 6. The first-order valence-electron chi connectivity index (χ1n) is 9.34. The standard InChI is InChI=1S/C22H26N2O2S2/c1-14(2)27-18-8-6-17(7-9-18)21(25)23-22-24(10-11-26-5)19-12-15(3)16(4)13-20(19)28-22/h6-9,12-14H,10-11H2,1-5H3. The van der Waals surface area contributed by atoms with Gasteiger partial charge in [-0.3, -0.25) is 4.79 Å². The van der Waals surface area contributed by atoms with Crippen LogP contribution in [0, 0.1) is 13.8 Å². The number of methoxy groups -OCH3 is 1. The predicted octanol–water partition coefficient (Wildman–Crippen LogP) is 5.21. The Morgan fingerprint density at radius 3 is 2.50 bits per heavy atom. The number of aryl methyl sites for hydroxylation is 2. The molecule has 1 heterocycles. The number of thiazole rings is 1. The Kier molecular flexibility index (Phi) is 6.75. The molecule has 0 atom stereocenters. The Labute approximate surface area is 174 Å². The summed E-state index contributed by atoms with van der Waals surface area (Å²) < 4.78 is 8.48. The van der Waals surface area contributed by atoms with Crippen molar-refractivity contribution in [3.63, 3.8) is 0 Å². The van der Waals surface area contributed by atoms with E-state index in [2.05, 4.69) is 49.4 Å². The molecule has 148 valence electrons. The summed E-state index contributed by atoms with van der Waals surface area (Å²) in [4.78, 5) is 19.1. The monoisotopic (exact) mass is 414 g/mol. The molecule has 3 rings (SSSR count). The Morgan fingerprint density at radius 1 is 1.18 bits per heavy atom. The molecule has 0 spiro atoms. The van der Waals surface area contributed by atoms with Gasteiger partial charge in [0.1, 0.15) is 0 Å². The third-order valence-corrected chi connectivity index (χ3v) is 6.54. The molecular formula is C22H26N2O2S2. The lowest BCUT2D eigenvalue weighted by atomic mass is 10.1. The van der Waals surface area contributed by atoms with E-state index < -0.39 is 0 Å². The van der Waals surface area contributed by atoms with Gasteiger partial charge in [-0.2, -0.15) is 4.99 Å². The van der Waals surface area contributed by atoms with Gasteiger partial charge in [-0.25, -0.2) is 0 Å². The van der Waals surface area contributed by atoms with Gasteiger partial charge in [0, 0.05) is 29.4 Å². The van der Waals surface area contributed by atoms with Crippen molar-refractivity contribution in [1.29, 1.82) is 0 Å². The summed E-state index contributed by atoms with van der Waals surface area (Å²) in [5.41, 5.74) is 4.17. The van der Waals surface area contributed by atoms with Crippen molar-refractivity contribution in [1.82, 2.24) is 4.57 Å². The molecule has 0 bridgehead atoms. The summed E-state index contributed by atoms with van der Waals surface area (Å²) in [6.45, 7) is 9.75. The first-order chi connectivity index (χ1) is 13.4. The molecule has 0 aliphatic rings. The topological polar surface area (TPSA) is 43.6 Å². The van der Waals surface area contributed by atoms with Crippen LogP contribution in [0.15, 0.2) is 46.3 Å². The summed E-state index contributed by atoms with van der Waals surface area (Å²) >= 11 is 3.33. The number of benzene rings is 2. The Morgan fingerprint density at radius 2 is 1.86 bits per heavy atom. The number of thioether (sulfide) groups is 1. The molecule has 0 unspecified atom stereocenters. The zero-order valence-electron chi connectivity index (χ0n) is 17.0. The summed E-state index contributed by atoms with van der Waals surface area (Å²) in [5.74, 6) is -0.215. The van der Waals surface area contributed by atoms with E-state index in [9.17, 15) is 4.79 Å². The van der Waals surface area contributed by atoms with Crippen LogP contribution in [0.5, 0.6) is 0 Å². The quantitative estimate of drug-likeness (QED) is 0.520. The maximum absolute atomic E-state index is 12.8. The van der Waals surface area contributed by atoms with E-state index in [-0.39, 0.29) is 5.91 Å². The average Bonchev–Trinajstić information content (AvgIpc) is 2.96. The Balaban J connectivity index is 2.00. The van der Waals surface area contributed by atoms with Gasteiger partial charge in [0.05, 0.1) is 16.8 Å². The fourth-order valence-electron chi connectivity index (χ4n) is 2.91. The van der Waals surface area contributed by atoms with Gasteiger partial charge in [-0.15, -0.1) is 11.8 Å². The van der Waals surface area contributed by atoms with Gasteiger partial charge < -0.3 is 9.30 Å². The third kappa shape index (κ3) is 4.74. The molecule has 0 saturated heterocycles. The van der Waals surface area contributed by atoms with Crippen LogP contribution in [0.1, 0.15) is 35.3 Å². The number of ether oxygens (including phenoxy) is 1. The van der Waals surface area contributed by atoms with Crippen molar-refractivity contribution in [2.75, 3.05) is 13.7 Å². The zero-order chi connectivity index (χ0) is 20.3. The van der Waals surface area contributed by atoms with E-state index in [1.54, 1.807) is 30.2 Å². The van der Waals surface area contributed by atoms with Crippen LogP contribution < -0.4 is 4.80 Å². The molecule has 2 aromatic carbocycles. The van der Waals surface area contributed by atoms with Crippen molar-refractivity contribution in [3.8, 4) is 0 Å². The van der Waals surface area contributed by atoms with Gasteiger partial charge in [0.15, 0.2) is 4.80 Å². The summed E-state index contributed by atoms with van der Waals surface area (Å²) in [7, 11) is 1.68. The predicted molar refractivity (Wildman–Crippen MR) is 118 cm³/mol. The van der Waals surface area contributed by atoms with Gasteiger partial charge in [0.25, 0.3) is 5.91 Å². The highest BCUT2D eigenvalue weighted by atomic mass is 32.2. The number of nitrogens with zero attached hydrogens (tertiary/aromatic N) is 2. The normalized spacial score (nSPS) is 12.3. The molecule has 28 heavy (non-hydrogen) atoms. The second kappa shape index (κ2) is 9.07.